The molecule has 1 aliphatic heterocycles. The number of benzene rings is 2. The van der Waals surface area contributed by atoms with E-state index in [2.05, 4.69) is 0 Å². The first-order valence-corrected chi connectivity index (χ1v) is 6.98. The molecule has 108 valence electrons. The molecular formula is C17H16FNO2. The van der Waals surface area contributed by atoms with Crippen LogP contribution in [0.1, 0.15) is 18.5 Å². The van der Waals surface area contributed by atoms with E-state index in [9.17, 15) is 9.18 Å². The summed E-state index contributed by atoms with van der Waals surface area (Å²) in [5, 5.41) is 0. The van der Waals surface area contributed by atoms with Crippen LogP contribution in [0.4, 0.5) is 10.1 Å². The zero-order chi connectivity index (χ0) is 14.8. The fourth-order valence-electron chi connectivity index (χ4n) is 2.63. The van der Waals surface area contributed by atoms with E-state index in [-0.39, 0.29) is 23.9 Å². The number of hydrogen-bond donors (Lipinski definition) is 0. The van der Waals surface area contributed by atoms with Crippen LogP contribution in [0, 0.1) is 5.82 Å². The molecule has 1 heterocycles. The molecule has 0 radical (unpaired) electrons. The van der Waals surface area contributed by atoms with E-state index in [1.54, 1.807) is 19.1 Å². The molecule has 3 rings (SSSR count). The average Bonchev–Trinajstić information content (AvgIpc) is 3.25. The van der Waals surface area contributed by atoms with Crippen molar-refractivity contribution in [1.29, 1.82) is 0 Å². The fourth-order valence-corrected chi connectivity index (χ4v) is 2.63. The Bertz CT molecular complexity index is 627. The van der Waals surface area contributed by atoms with Gasteiger partial charge in [-0.1, -0.05) is 30.3 Å². The van der Waals surface area contributed by atoms with E-state index in [0.717, 1.165) is 11.3 Å². The summed E-state index contributed by atoms with van der Waals surface area (Å²) >= 11 is 0. The van der Waals surface area contributed by atoms with Gasteiger partial charge in [0.05, 0.1) is 12.6 Å². The number of anilines is 1. The van der Waals surface area contributed by atoms with Crippen molar-refractivity contribution in [1.82, 2.24) is 0 Å². The largest absolute Gasteiger partial charge is 0.464 e. The monoisotopic (exact) mass is 285 g/mol. The van der Waals surface area contributed by atoms with Crippen molar-refractivity contribution in [2.45, 2.75) is 19.0 Å². The summed E-state index contributed by atoms with van der Waals surface area (Å²) in [5.74, 6) is -0.519. The topological polar surface area (TPSA) is 29.3 Å². The molecule has 1 fully saturated rings. The van der Waals surface area contributed by atoms with Gasteiger partial charge in [0.2, 0.25) is 0 Å². The van der Waals surface area contributed by atoms with Crippen molar-refractivity contribution >= 4 is 11.7 Å². The summed E-state index contributed by atoms with van der Waals surface area (Å²) in [5.41, 5.74) is 1.88. The molecular weight excluding hydrogens is 269 g/mol. The number of nitrogens with zero attached hydrogens (tertiary/aromatic N) is 1. The maximum Gasteiger partial charge on any atom is 0.331 e. The van der Waals surface area contributed by atoms with Gasteiger partial charge in [0.25, 0.3) is 0 Å². The van der Waals surface area contributed by atoms with E-state index < -0.39 is 0 Å². The molecule has 2 aromatic carbocycles. The van der Waals surface area contributed by atoms with Crippen LogP contribution >= 0.6 is 0 Å². The number of hydrogen-bond acceptors (Lipinski definition) is 3. The minimum atomic E-state index is -0.335. The number of rotatable bonds is 4. The molecule has 0 N–H and O–H groups in total. The minimum Gasteiger partial charge on any atom is -0.464 e. The van der Waals surface area contributed by atoms with Gasteiger partial charge in [0.1, 0.15) is 5.82 Å². The SMILES string of the molecule is CCOC(=O)[C@@H]1[C@H](c2ccc(F)cc2)N1c1ccccc1. The summed E-state index contributed by atoms with van der Waals surface area (Å²) in [6.45, 7) is 2.15. The highest BCUT2D eigenvalue weighted by molar-refractivity contribution is 5.88. The highest BCUT2D eigenvalue weighted by atomic mass is 19.1. The van der Waals surface area contributed by atoms with Gasteiger partial charge in [0.15, 0.2) is 6.04 Å². The minimum absolute atomic E-state index is 0.0907. The van der Waals surface area contributed by atoms with Gasteiger partial charge < -0.3 is 9.64 Å². The third-order valence-electron chi connectivity index (χ3n) is 3.60. The van der Waals surface area contributed by atoms with Crippen molar-refractivity contribution in [3.05, 3.63) is 66.0 Å². The molecule has 2 aromatic rings. The molecule has 21 heavy (non-hydrogen) atoms. The Kier molecular flexibility index (Phi) is 3.60. The zero-order valence-electron chi connectivity index (χ0n) is 11.7. The lowest BCUT2D eigenvalue weighted by Crippen LogP contribution is -2.15. The molecule has 0 spiro atoms. The van der Waals surface area contributed by atoms with Gasteiger partial charge in [-0.3, -0.25) is 0 Å². The summed E-state index contributed by atoms with van der Waals surface area (Å²) in [4.78, 5) is 14.1. The highest BCUT2D eigenvalue weighted by Crippen LogP contribution is 2.47. The van der Waals surface area contributed by atoms with E-state index in [4.69, 9.17) is 4.74 Å². The summed E-state index contributed by atoms with van der Waals surface area (Å²) in [6.07, 6.45) is 0. The molecule has 0 aromatic heterocycles. The highest BCUT2D eigenvalue weighted by Gasteiger charge is 2.54. The van der Waals surface area contributed by atoms with E-state index in [1.807, 2.05) is 35.2 Å². The summed E-state index contributed by atoms with van der Waals surface area (Å²) in [7, 11) is 0. The Balaban J connectivity index is 1.89. The summed E-state index contributed by atoms with van der Waals surface area (Å²) in [6, 6.07) is 15.5. The maximum atomic E-state index is 13.1. The van der Waals surface area contributed by atoms with Crippen molar-refractivity contribution in [2.24, 2.45) is 0 Å². The molecule has 1 aliphatic rings. The third kappa shape index (κ3) is 2.61. The Labute approximate surface area is 123 Å². The fraction of sp³-hybridized carbons (Fsp3) is 0.235. The first kappa shape index (κ1) is 13.6. The van der Waals surface area contributed by atoms with Crippen LogP contribution in [-0.2, 0) is 9.53 Å². The van der Waals surface area contributed by atoms with Gasteiger partial charge in [0, 0.05) is 5.69 Å². The first-order chi connectivity index (χ1) is 10.2. The van der Waals surface area contributed by atoms with Crippen LogP contribution in [0.5, 0.6) is 0 Å². The number of esters is 1. The Morgan fingerprint density at radius 2 is 1.81 bits per heavy atom. The molecule has 0 saturated carbocycles. The first-order valence-electron chi connectivity index (χ1n) is 6.98. The predicted molar refractivity (Wildman–Crippen MR) is 78.5 cm³/mol. The Hall–Kier alpha value is -2.36. The van der Waals surface area contributed by atoms with E-state index >= 15 is 0 Å². The second-order valence-electron chi connectivity index (χ2n) is 4.94. The van der Waals surface area contributed by atoms with Crippen LogP contribution in [0.2, 0.25) is 0 Å². The lowest BCUT2D eigenvalue weighted by atomic mass is 10.1. The number of para-hydroxylation sites is 1. The molecule has 3 nitrogen and oxygen atoms in total. The maximum absolute atomic E-state index is 13.1. The normalized spacial score (nSPS) is 20.2. The lowest BCUT2D eigenvalue weighted by Gasteiger charge is -2.05. The quantitative estimate of drug-likeness (QED) is 0.637. The smallest absolute Gasteiger partial charge is 0.331 e. The molecule has 0 unspecified atom stereocenters. The lowest BCUT2D eigenvalue weighted by molar-refractivity contribution is -0.142. The number of carbonyl (C=O) groups excluding carboxylic acids is 1. The second kappa shape index (κ2) is 5.56. The number of ether oxygens (including phenoxy) is 1. The molecule has 0 aliphatic carbocycles. The van der Waals surface area contributed by atoms with Crippen molar-refractivity contribution in [2.75, 3.05) is 11.5 Å². The molecule has 2 atom stereocenters. The van der Waals surface area contributed by atoms with Gasteiger partial charge >= 0.3 is 5.97 Å². The van der Waals surface area contributed by atoms with Crippen LogP contribution in [0.15, 0.2) is 54.6 Å². The third-order valence-corrected chi connectivity index (χ3v) is 3.60. The van der Waals surface area contributed by atoms with Crippen molar-refractivity contribution in [3.63, 3.8) is 0 Å². The molecule has 4 heteroatoms. The van der Waals surface area contributed by atoms with E-state index in [0.29, 0.717) is 6.61 Å². The second-order valence-corrected chi connectivity index (χ2v) is 4.94. The molecule has 1 saturated heterocycles. The number of halogens is 1. The Morgan fingerprint density at radius 3 is 2.43 bits per heavy atom. The van der Waals surface area contributed by atoms with Gasteiger partial charge in [-0.15, -0.1) is 0 Å². The van der Waals surface area contributed by atoms with E-state index in [1.165, 1.54) is 12.1 Å². The molecule has 0 bridgehead atoms. The van der Waals surface area contributed by atoms with Gasteiger partial charge in [-0.2, -0.15) is 0 Å². The van der Waals surface area contributed by atoms with Crippen LogP contribution < -0.4 is 4.90 Å². The summed E-state index contributed by atoms with van der Waals surface area (Å²) < 4.78 is 18.2. The zero-order valence-corrected chi connectivity index (χ0v) is 11.7. The average molecular weight is 285 g/mol. The Morgan fingerprint density at radius 1 is 1.14 bits per heavy atom. The van der Waals surface area contributed by atoms with Gasteiger partial charge in [-0.25, -0.2) is 9.18 Å². The van der Waals surface area contributed by atoms with Crippen LogP contribution in [-0.4, -0.2) is 18.6 Å². The molecule has 0 amide bonds. The van der Waals surface area contributed by atoms with Crippen molar-refractivity contribution in [3.8, 4) is 0 Å². The predicted octanol–water partition coefficient (Wildman–Crippen LogP) is 3.32. The van der Waals surface area contributed by atoms with Crippen molar-refractivity contribution < 1.29 is 13.9 Å². The van der Waals surface area contributed by atoms with Crippen LogP contribution in [0.25, 0.3) is 0 Å². The number of carbonyl (C=O) groups is 1. The van der Waals surface area contributed by atoms with Gasteiger partial charge in [-0.05, 0) is 36.8 Å². The standard InChI is InChI=1S/C17H16FNO2/c1-2-21-17(20)16-15(12-8-10-13(18)11-9-12)19(16)14-6-4-3-5-7-14/h3-11,15-16H,2H2,1H3/t15-,16-,19?/m0/s1. The van der Waals surface area contributed by atoms with Crippen LogP contribution in [0.3, 0.4) is 0 Å².